The van der Waals surface area contributed by atoms with Gasteiger partial charge in [0.2, 0.25) is 5.75 Å². The number of benzene rings is 2. The molecule has 3 rings (SSSR count). The first-order chi connectivity index (χ1) is 16.2. The van der Waals surface area contributed by atoms with Gasteiger partial charge >= 0.3 is 0 Å². The van der Waals surface area contributed by atoms with E-state index >= 15 is 0 Å². The predicted molar refractivity (Wildman–Crippen MR) is 127 cm³/mol. The number of hydrogen-bond acceptors (Lipinski definition) is 7. The molecule has 8 heteroatoms. The Balaban J connectivity index is 2.21. The Morgan fingerprint density at radius 2 is 1.59 bits per heavy atom. The van der Waals surface area contributed by atoms with Crippen molar-refractivity contribution in [3.8, 4) is 17.2 Å². The molecule has 0 spiro atoms. The molecule has 34 heavy (non-hydrogen) atoms. The zero-order chi connectivity index (χ0) is 25.0. The summed E-state index contributed by atoms with van der Waals surface area (Å²) in [5, 5.41) is 11.2. The summed E-state index contributed by atoms with van der Waals surface area (Å²) in [6, 6.07) is 9.57. The Morgan fingerprint density at radius 3 is 2.09 bits per heavy atom. The Kier molecular flexibility index (Phi) is 7.83. The predicted octanol–water partition coefficient (Wildman–Crippen LogP) is 3.87. The van der Waals surface area contributed by atoms with E-state index in [0.29, 0.717) is 28.4 Å². The summed E-state index contributed by atoms with van der Waals surface area (Å²) in [5.74, 6) is -0.592. The first kappa shape index (κ1) is 25.1. The number of rotatable bonds is 9. The molecular weight excluding hydrogens is 438 g/mol. The Bertz CT molecular complexity index is 1060. The van der Waals surface area contributed by atoms with E-state index < -0.39 is 17.7 Å². The quantitative estimate of drug-likeness (QED) is 0.338. The number of ether oxygens (including phenoxy) is 4. The number of methoxy groups -OCH3 is 3. The van der Waals surface area contributed by atoms with E-state index in [-0.39, 0.29) is 30.6 Å². The van der Waals surface area contributed by atoms with Gasteiger partial charge in [-0.05, 0) is 38.5 Å². The lowest BCUT2D eigenvalue weighted by Gasteiger charge is -2.26. The van der Waals surface area contributed by atoms with Crippen molar-refractivity contribution >= 4 is 17.4 Å². The fourth-order valence-electron chi connectivity index (χ4n) is 3.97. The first-order valence-corrected chi connectivity index (χ1v) is 11.0. The Labute approximate surface area is 199 Å². The highest BCUT2D eigenvalue weighted by Gasteiger charge is 2.46. The second-order valence-corrected chi connectivity index (χ2v) is 8.24. The number of likely N-dealkylation sites (tertiary alicyclic amines) is 1. The summed E-state index contributed by atoms with van der Waals surface area (Å²) in [6.07, 6.45) is -0.0380. The third-order valence-electron chi connectivity index (χ3n) is 5.65. The number of nitrogens with zero attached hydrogens (tertiary/aromatic N) is 1. The van der Waals surface area contributed by atoms with Crippen LogP contribution in [0.5, 0.6) is 17.2 Å². The van der Waals surface area contributed by atoms with Gasteiger partial charge < -0.3 is 29.0 Å². The number of hydrogen-bond donors (Lipinski definition) is 1. The standard InChI is InChI=1S/C26H31NO7/c1-15(2)34-12-11-27-22(18-13-19(31-4)25(33-6)20(14-18)32-5)21(24(29)26(27)30)23(28)17-9-7-16(3)8-10-17/h7-10,13-15,22,28H,11-12H2,1-6H3/b23-21+. The van der Waals surface area contributed by atoms with Crippen molar-refractivity contribution in [3.05, 3.63) is 58.7 Å². The molecule has 1 unspecified atom stereocenters. The average Bonchev–Trinajstić information content (AvgIpc) is 3.07. The highest BCUT2D eigenvalue weighted by molar-refractivity contribution is 6.46. The van der Waals surface area contributed by atoms with Crippen LogP contribution < -0.4 is 14.2 Å². The number of ketones is 1. The molecule has 182 valence electrons. The van der Waals surface area contributed by atoms with Gasteiger partial charge in [0, 0.05) is 12.1 Å². The summed E-state index contributed by atoms with van der Waals surface area (Å²) < 4.78 is 22.0. The summed E-state index contributed by atoms with van der Waals surface area (Å²) >= 11 is 0. The Morgan fingerprint density at radius 1 is 1.00 bits per heavy atom. The van der Waals surface area contributed by atoms with Gasteiger partial charge in [-0.3, -0.25) is 9.59 Å². The third kappa shape index (κ3) is 4.87. The van der Waals surface area contributed by atoms with E-state index in [1.165, 1.54) is 26.2 Å². The van der Waals surface area contributed by atoms with Crippen LogP contribution in [0.25, 0.3) is 5.76 Å². The maximum atomic E-state index is 13.2. The molecule has 1 aliphatic heterocycles. The maximum Gasteiger partial charge on any atom is 0.295 e. The zero-order valence-electron chi connectivity index (χ0n) is 20.4. The number of aliphatic hydroxyl groups is 1. The van der Waals surface area contributed by atoms with Crippen molar-refractivity contribution < 1.29 is 33.6 Å². The molecule has 1 aliphatic rings. The van der Waals surface area contributed by atoms with Gasteiger partial charge in [0.05, 0.1) is 45.7 Å². The molecular formula is C26H31NO7. The normalized spacial score (nSPS) is 17.4. The van der Waals surface area contributed by atoms with Gasteiger partial charge in [0.15, 0.2) is 11.5 Å². The molecule has 0 radical (unpaired) electrons. The van der Waals surface area contributed by atoms with E-state index in [9.17, 15) is 14.7 Å². The molecule has 0 aromatic heterocycles. The van der Waals surface area contributed by atoms with Gasteiger partial charge in [-0.15, -0.1) is 0 Å². The lowest BCUT2D eigenvalue weighted by Crippen LogP contribution is -2.33. The highest BCUT2D eigenvalue weighted by atomic mass is 16.5. The smallest absolute Gasteiger partial charge is 0.295 e. The van der Waals surface area contributed by atoms with E-state index in [4.69, 9.17) is 18.9 Å². The minimum absolute atomic E-state index is 0.00678. The van der Waals surface area contributed by atoms with E-state index in [1.54, 1.807) is 24.3 Å². The number of aryl methyl sites for hydroxylation is 1. The molecule has 1 N–H and O–H groups in total. The number of Topliss-reactive ketones (excluding diaryl/α,β-unsaturated/α-hetero) is 1. The second kappa shape index (κ2) is 10.6. The zero-order valence-corrected chi connectivity index (χ0v) is 20.4. The van der Waals surface area contributed by atoms with Crippen molar-refractivity contribution in [2.24, 2.45) is 0 Å². The minimum atomic E-state index is -0.870. The lowest BCUT2D eigenvalue weighted by atomic mass is 9.94. The van der Waals surface area contributed by atoms with E-state index in [1.807, 2.05) is 32.9 Å². The topological polar surface area (TPSA) is 94.5 Å². The number of carbonyl (C=O) groups excluding carboxylic acids is 2. The van der Waals surface area contributed by atoms with Crippen LogP contribution in [0.3, 0.4) is 0 Å². The minimum Gasteiger partial charge on any atom is -0.507 e. The van der Waals surface area contributed by atoms with Crippen molar-refractivity contribution in [1.29, 1.82) is 0 Å². The number of carbonyl (C=O) groups is 2. The molecule has 2 aromatic rings. The van der Waals surface area contributed by atoms with Crippen molar-refractivity contribution in [2.75, 3.05) is 34.5 Å². The molecule has 1 fully saturated rings. The molecule has 1 atom stereocenters. The fraction of sp³-hybridized carbons (Fsp3) is 0.385. The summed E-state index contributed by atoms with van der Waals surface area (Å²) in [5.41, 5.74) is 1.98. The monoisotopic (exact) mass is 469 g/mol. The third-order valence-corrected chi connectivity index (χ3v) is 5.65. The van der Waals surface area contributed by atoms with E-state index in [2.05, 4.69) is 0 Å². The van der Waals surface area contributed by atoms with Crippen LogP contribution in [-0.2, 0) is 14.3 Å². The van der Waals surface area contributed by atoms with Crippen LogP contribution in [0.4, 0.5) is 0 Å². The second-order valence-electron chi connectivity index (χ2n) is 8.24. The molecule has 1 amide bonds. The Hall–Kier alpha value is -3.52. The molecule has 0 aliphatic carbocycles. The van der Waals surface area contributed by atoms with Crippen LogP contribution in [0, 0.1) is 6.92 Å². The van der Waals surface area contributed by atoms with Gasteiger partial charge in [0.25, 0.3) is 11.7 Å². The largest absolute Gasteiger partial charge is 0.507 e. The SMILES string of the molecule is COc1cc(C2/C(=C(\O)c3ccc(C)cc3)C(=O)C(=O)N2CCOC(C)C)cc(OC)c1OC. The van der Waals surface area contributed by atoms with Gasteiger partial charge in [-0.2, -0.15) is 0 Å². The fourth-order valence-corrected chi connectivity index (χ4v) is 3.97. The van der Waals surface area contributed by atoms with Crippen LogP contribution in [-0.4, -0.2) is 62.3 Å². The maximum absolute atomic E-state index is 13.2. The lowest BCUT2D eigenvalue weighted by molar-refractivity contribution is -0.140. The van der Waals surface area contributed by atoms with Crippen LogP contribution in [0.2, 0.25) is 0 Å². The summed E-state index contributed by atoms with van der Waals surface area (Å²) in [4.78, 5) is 27.7. The van der Waals surface area contributed by atoms with Crippen molar-refractivity contribution in [1.82, 2.24) is 4.90 Å². The van der Waals surface area contributed by atoms with Crippen LogP contribution in [0.1, 0.15) is 36.6 Å². The summed E-state index contributed by atoms with van der Waals surface area (Å²) in [6.45, 7) is 6.10. The van der Waals surface area contributed by atoms with Crippen LogP contribution >= 0.6 is 0 Å². The molecule has 8 nitrogen and oxygen atoms in total. The number of amides is 1. The van der Waals surface area contributed by atoms with Crippen LogP contribution in [0.15, 0.2) is 42.0 Å². The highest BCUT2D eigenvalue weighted by Crippen LogP contribution is 2.45. The van der Waals surface area contributed by atoms with E-state index in [0.717, 1.165) is 5.56 Å². The number of aliphatic hydroxyl groups excluding tert-OH is 1. The van der Waals surface area contributed by atoms with Crippen molar-refractivity contribution in [2.45, 2.75) is 32.9 Å². The van der Waals surface area contributed by atoms with Gasteiger partial charge in [0.1, 0.15) is 5.76 Å². The molecule has 1 saturated heterocycles. The summed E-state index contributed by atoms with van der Waals surface area (Å²) in [7, 11) is 4.47. The molecule has 2 aromatic carbocycles. The molecule has 0 saturated carbocycles. The molecule has 1 heterocycles. The van der Waals surface area contributed by atoms with Gasteiger partial charge in [-0.1, -0.05) is 29.8 Å². The van der Waals surface area contributed by atoms with Crippen molar-refractivity contribution in [3.63, 3.8) is 0 Å². The first-order valence-electron chi connectivity index (χ1n) is 11.0. The van der Waals surface area contributed by atoms with Gasteiger partial charge in [-0.25, -0.2) is 0 Å². The molecule has 0 bridgehead atoms. The average molecular weight is 470 g/mol.